The number of hydrogen-bond donors (Lipinski definition) is 2. The van der Waals surface area contributed by atoms with Crippen molar-refractivity contribution in [3.63, 3.8) is 0 Å². The van der Waals surface area contributed by atoms with Crippen molar-refractivity contribution in [2.24, 2.45) is 0 Å². The first kappa shape index (κ1) is 20.1. The standard InChI is InChI=1S/C22H23N3O4/c1-3-25(4-2)16-11-9-15(10-12-16)23-21(27)14-29-22(28)18-13-20(26)24-19-8-6-5-7-17(18)19/h5-13H,3-4,14H2,1-2H3,(H,23,27)(H,24,26). The van der Waals surface area contributed by atoms with Gasteiger partial charge in [-0.05, 0) is 44.2 Å². The Hall–Kier alpha value is -3.61. The number of rotatable bonds is 7. The first-order valence-corrected chi connectivity index (χ1v) is 9.46. The number of aromatic amines is 1. The van der Waals surface area contributed by atoms with Gasteiger partial charge >= 0.3 is 5.97 Å². The Balaban J connectivity index is 1.63. The van der Waals surface area contributed by atoms with Gasteiger partial charge in [0, 0.05) is 41.4 Å². The van der Waals surface area contributed by atoms with Gasteiger partial charge in [-0.25, -0.2) is 4.79 Å². The lowest BCUT2D eigenvalue weighted by atomic mass is 10.1. The molecule has 3 rings (SSSR count). The van der Waals surface area contributed by atoms with E-state index < -0.39 is 24.0 Å². The van der Waals surface area contributed by atoms with E-state index >= 15 is 0 Å². The van der Waals surface area contributed by atoms with Gasteiger partial charge in [-0.2, -0.15) is 0 Å². The van der Waals surface area contributed by atoms with E-state index in [1.807, 2.05) is 12.1 Å². The summed E-state index contributed by atoms with van der Waals surface area (Å²) < 4.78 is 5.11. The maximum absolute atomic E-state index is 12.4. The highest BCUT2D eigenvalue weighted by Crippen LogP contribution is 2.18. The van der Waals surface area contributed by atoms with Crippen molar-refractivity contribution in [2.75, 3.05) is 29.9 Å². The number of H-pyrrole nitrogens is 1. The highest BCUT2D eigenvalue weighted by molar-refractivity contribution is 6.04. The van der Waals surface area contributed by atoms with Gasteiger partial charge in [0.1, 0.15) is 0 Å². The van der Waals surface area contributed by atoms with Crippen molar-refractivity contribution in [2.45, 2.75) is 13.8 Å². The van der Waals surface area contributed by atoms with Gasteiger partial charge in [0.15, 0.2) is 6.61 Å². The molecular weight excluding hydrogens is 370 g/mol. The van der Waals surface area contributed by atoms with E-state index in [-0.39, 0.29) is 5.56 Å². The van der Waals surface area contributed by atoms with Gasteiger partial charge in [-0.1, -0.05) is 18.2 Å². The molecule has 29 heavy (non-hydrogen) atoms. The Labute approximate surface area is 168 Å². The van der Waals surface area contributed by atoms with Crippen molar-refractivity contribution < 1.29 is 14.3 Å². The van der Waals surface area contributed by atoms with E-state index in [1.165, 1.54) is 6.07 Å². The average Bonchev–Trinajstić information content (AvgIpc) is 2.73. The largest absolute Gasteiger partial charge is 0.452 e. The lowest BCUT2D eigenvalue weighted by Gasteiger charge is -2.21. The van der Waals surface area contributed by atoms with Crippen molar-refractivity contribution in [1.82, 2.24) is 4.98 Å². The van der Waals surface area contributed by atoms with E-state index in [4.69, 9.17) is 4.74 Å². The molecule has 0 saturated carbocycles. The predicted octanol–water partition coefficient (Wildman–Crippen LogP) is 3.17. The van der Waals surface area contributed by atoms with Crippen LogP contribution in [-0.4, -0.2) is 36.6 Å². The number of ether oxygens (including phenoxy) is 1. The zero-order chi connectivity index (χ0) is 20.8. The minimum absolute atomic E-state index is 0.126. The Bertz CT molecular complexity index is 1070. The minimum Gasteiger partial charge on any atom is -0.452 e. The van der Waals surface area contributed by atoms with Crippen LogP contribution < -0.4 is 15.8 Å². The predicted molar refractivity (Wildman–Crippen MR) is 113 cm³/mol. The van der Waals surface area contributed by atoms with E-state index in [1.54, 1.807) is 36.4 Å². The fourth-order valence-electron chi connectivity index (χ4n) is 3.12. The number of carbonyl (C=O) groups is 2. The van der Waals surface area contributed by atoms with Crippen LogP contribution in [0.4, 0.5) is 11.4 Å². The molecule has 2 N–H and O–H groups in total. The molecule has 3 aromatic rings. The Morgan fingerprint density at radius 1 is 1.03 bits per heavy atom. The Kier molecular flexibility index (Phi) is 6.29. The molecule has 0 unspecified atom stereocenters. The zero-order valence-corrected chi connectivity index (χ0v) is 16.4. The molecule has 0 bridgehead atoms. The fraction of sp³-hybridized carbons (Fsp3) is 0.227. The topological polar surface area (TPSA) is 91.5 Å². The van der Waals surface area contributed by atoms with Crippen molar-refractivity contribution >= 4 is 34.2 Å². The maximum atomic E-state index is 12.4. The lowest BCUT2D eigenvalue weighted by molar-refractivity contribution is -0.119. The van der Waals surface area contributed by atoms with E-state index in [2.05, 4.69) is 29.0 Å². The van der Waals surface area contributed by atoms with Crippen LogP contribution in [0.1, 0.15) is 24.2 Å². The molecule has 1 heterocycles. The number of pyridine rings is 1. The van der Waals surface area contributed by atoms with Gasteiger partial charge in [-0.3, -0.25) is 9.59 Å². The number of amides is 1. The molecule has 1 amide bonds. The van der Waals surface area contributed by atoms with Gasteiger partial charge in [0.2, 0.25) is 5.56 Å². The SMILES string of the molecule is CCN(CC)c1ccc(NC(=O)COC(=O)c2cc(=O)[nH]c3ccccc23)cc1. The number of para-hydroxylation sites is 1. The van der Waals surface area contributed by atoms with Crippen LogP contribution >= 0.6 is 0 Å². The summed E-state index contributed by atoms with van der Waals surface area (Å²) in [5, 5.41) is 3.26. The Morgan fingerprint density at radius 2 is 1.72 bits per heavy atom. The van der Waals surface area contributed by atoms with E-state index in [0.717, 1.165) is 18.8 Å². The highest BCUT2D eigenvalue weighted by atomic mass is 16.5. The summed E-state index contributed by atoms with van der Waals surface area (Å²) in [6.45, 7) is 5.51. The van der Waals surface area contributed by atoms with Crippen LogP contribution in [0.2, 0.25) is 0 Å². The average molecular weight is 393 g/mol. The van der Waals surface area contributed by atoms with Crippen LogP contribution in [-0.2, 0) is 9.53 Å². The summed E-state index contributed by atoms with van der Waals surface area (Å²) in [5.74, 6) is -1.18. The number of nitrogens with zero attached hydrogens (tertiary/aromatic N) is 1. The third kappa shape index (κ3) is 4.82. The normalized spacial score (nSPS) is 10.6. The molecule has 0 aliphatic heterocycles. The van der Waals surface area contributed by atoms with Gasteiger partial charge in [0.25, 0.3) is 5.91 Å². The number of carbonyl (C=O) groups excluding carboxylic acids is 2. The van der Waals surface area contributed by atoms with Gasteiger partial charge < -0.3 is 19.9 Å². The molecule has 0 aliphatic rings. The maximum Gasteiger partial charge on any atom is 0.339 e. The number of nitrogens with one attached hydrogen (secondary N) is 2. The van der Waals surface area contributed by atoms with Crippen LogP contribution in [0, 0.1) is 0 Å². The monoisotopic (exact) mass is 393 g/mol. The number of esters is 1. The summed E-state index contributed by atoms with van der Waals surface area (Å²) in [6.07, 6.45) is 0. The first-order chi connectivity index (χ1) is 14.0. The molecule has 0 spiro atoms. The van der Waals surface area contributed by atoms with E-state index in [0.29, 0.717) is 16.6 Å². The van der Waals surface area contributed by atoms with Gasteiger partial charge in [-0.15, -0.1) is 0 Å². The molecule has 7 heteroatoms. The quantitative estimate of drug-likeness (QED) is 0.602. The van der Waals surface area contributed by atoms with Crippen molar-refractivity contribution in [1.29, 1.82) is 0 Å². The Morgan fingerprint density at radius 3 is 2.41 bits per heavy atom. The van der Waals surface area contributed by atoms with Gasteiger partial charge in [0.05, 0.1) is 5.56 Å². The van der Waals surface area contributed by atoms with Crippen molar-refractivity contribution in [3.05, 3.63) is 70.5 Å². The summed E-state index contributed by atoms with van der Waals surface area (Å²) >= 11 is 0. The molecule has 0 atom stereocenters. The molecule has 7 nitrogen and oxygen atoms in total. The summed E-state index contributed by atoms with van der Waals surface area (Å²) in [4.78, 5) is 41.1. The molecule has 0 fully saturated rings. The van der Waals surface area contributed by atoms with Crippen LogP contribution in [0.25, 0.3) is 10.9 Å². The highest BCUT2D eigenvalue weighted by Gasteiger charge is 2.15. The lowest BCUT2D eigenvalue weighted by Crippen LogP contribution is -2.23. The van der Waals surface area contributed by atoms with Crippen LogP contribution in [0.5, 0.6) is 0 Å². The molecule has 0 saturated heterocycles. The number of hydrogen-bond acceptors (Lipinski definition) is 5. The smallest absolute Gasteiger partial charge is 0.339 e. The number of benzene rings is 2. The zero-order valence-electron chi connectivity index (χ0n) is 16.4. The van der Waals surface area contributed by atoms with Crippen LogP contribution in [0.3, 0.4) is 0 Å². The molecule has 1 aromatic heterocycles. The third-order valence-corrected chi connectivity index (χ3v) is 4.58. The second kappa shape index (κ2) is 9.05. The fourth-order valence-corrected chi connectivity index (χ4v) is 3.12. The van der Waals surface area contributed by atoms with Crippen molar-refractivity contribution in [3.8, 4) is 0 Å². The number of anilines is 2. The molecule has 150 valence electrons. The molecule has 0 aliphatic carbocycles. The molecular formula is C22H23N3O4. The second-order valence-electron chi connectivity index (χ2n) is 6.44. The summed E-state index contributed by atoms with van der Waals surface area (Å²) in [6, 6.07) is 15.6. The molecule has 0 radical (unpaired) electrons. The second-order valence-corrected chi connectivity index (χ2v) is 6.44. The molecule has 2 aromatic carbocycles. The minimum atomic E-state index is -0.723. The van der Waals surface area contributed by atoms with E-state index in [9.17, 15) is 14.4 Å². The number of aromatic nitrogens is 1. The van der Waals surface area contributed by atoms with Crippen LogP contribution in [0.15, 0.2) is 59.4 Å². The summed E-state index contributed by atoms with van der Waals surface area (Å²) in [5.41, 5.74) is 1.93. The third-order valence-electron chi connectivity index (χ3n) is 4.58. The first-order valence-electron chi connectivity index (χ1n) is 9.46. The number of fused-ring (bicyclic) bond motifs is 1. The summed E-state index contributed by atoms with van der Waals surface area (Å²) in [7, 11) is 0.